The van der Waals surface area contributed by atoms with E-state index in [1.165, 1.54) is 0 Å². The summed E-state index contributed by atoms with van der Waals surface area (Å²) in [6, 6.07) is 5.38. The highest BCUT2D eigenvalue weighted by Gasteiger charge is 2.26. The predicted molar refractivity (Wildman–Crippen MR) is 106 cm³/mol. The summed E-state index contributed by atoms with van der Waals surface area (Å²) in [5.74, 6) is -0.0814. The second kappa shape index (κ2) is 11.1. The van der Waals surface area contributed by atoms with Crippen LogP contribution < -0.4 is 20.1 Å². The number of piperidine rings is 1. The summed E-state index contributed by atoms with van der Waals surface area (Å²) in [5, 5.41) is 5.35. The van der Waals surface area contributed by atoms with Crippen molar-refractivity contribution in [3.8, 4) is 11.5 Å². The Kier molecular flexibility index (Phi) is 8.57. The van der Waals surface area contributed by atoms with Crippen molar-refractivity contribution in [2.45, 2.75) is 32.2 Å². The van der Waals surface area contributed by atoms with E-state index < -0.39 is 11.8 Å². The molecule has 1 aromatic rings. The van der Waals surface area contributed by atoms with Gasteiger partial charge in [0.1, 0.15) is 0 Å². The molecule has 9 nitrogen and oxygen atoms in total. The molecular formula is C20H29N3O6. The lowest BCUT2D eigenvalue weighted by Gasteiger charge is -2.31. The van der Waals surface area contributed by atoms with Gasteiger partial charge in [-0.15, -0.1) is 0 Å². The van der Waals surface area contributed by atoms with Gasteiger partial charge in [-0.1, -0.05) is 6.07 Å². The molecule has 1 aliphatic rings. The standard InChI is InChI=1S/C20H29N3O6/c1-4-29-20(26)23-11-8-15(9-12-23)22-19(25)18(24)21-10-7-14-5-6-16(27-2)17(13-14)28-3/h5-6,13,15H,4,7-12H2,1-3H3,(H,21,24)(H,22,25). The number of methoxy groups -OCH3 is 2. The monoisotopic (exact) mass is 407 g/mol. The number of nitrogens with zero attached hydrogens (tertiary/aromatic N) is 1. The summed E-state index contributed by atoms with van der Waals surface area (Å²) in [5.41, 5.74) is 0.953. The Morgan fingerprint density at radius 1 is 1.07 bits per heavy atom. The molecule has 3 amide bonds. The molecule has 9 heteroatoms. The number of hydrogen-bond acceptors (Lipinski definition) is 6. The van der Waals surface area contributed by atoms with Crippen LogP contribution in [0.15, 0.2) is 18.2 Å². The SMILES string of the molecule is CCOC(=O)N1CCC(NC(=O)C(=O)NCCc2ccc(OC)c(OC)c2)CC1. The molecule has 0 atom stereocenters. The number of likely N-dealkylation sites (tertiary alicyclic amines) is 1. The molecule has 0 saturated carbocycles. The highest BCUT2D eigenvalue weighted by molar-refractivity contribution is 6.35. The number of nitrogens with one attached hydrogen (secondary N) is 2. The molecule has 1 fully saturated rings. The van der Waals surface area contributed by atoms with Gasteiger partial charge >= 0.3 is 17.9 Å². The minimum Gasteiger partial charge on any atom is -0.493 e. The third kappa shape index (κ3) is 6.55. The van der Waals surface area contributed by atoms with Crippen molar-refractivity contribution < 1.29 is 28.6 Å². The van der Waals surface area contributed by atoms with Crippen LogP contribution in [-0.2, 0) is 20.7 Å². The van der Waals surface area contributed by atoms with Gasteiger partial charge in [0.05, 0.1) is 20.8 Å². The Morgan fingerprint density at radius 2 is 1.76 bits per heavy atom. The molecule has 0 spiro atoms. The normalized spacial score (nSPS) is 14.1. The van der Waals surface area contributed by atoms with E-state index in [0.717, 1.165) is 5.56 Å². The topological polar surface area (TPSA) is 106 Å². The molecule has 2 rings (SSSR count). The van der Waals surface area contributed by atoms with Gasteiger partial charge in [0.2, 0.25) is 0 Å². The van der Waals surface area contributed by atoms with Crippen LogP contribution in [0.5, 0.6) is 11.5 Å². The van der Waals surface area contributed by atoms with Gasteiger partial charge in [-0.25, -0.2) is 4.79 Å². The summed E-state index contributed by atoms with van der Waals surface area (Å²) in [6.07, 6.45) is 1.38. The van der Waals surface area contributed by atoms with Crippen molar-refractivity contribution in [2.24, 2.45) is 0 Å². The van der Waals surface area contributed by atoms with E-state index in [1.807, 2.05) is 12.1 Å². The molecular weight excluding hydrogens is 378 g/mol. The number of ether oxygens (including phenoxy) is 3. The van der Waals surface area contributed by atoms with Crippen molar-refractivity contribution in [1.82, 2.24) is 15.5 Å². The molecule has 160 valence electrons. The van der Waals surface area contributed by atoms with Gasteiger partial charge in [-0.2, -0.15) is 0 Å². The van der Waals surface area contributed by atoms with Crippen LogP contribution in [0, 0.1) is 0 Å². The maximum absolute atomic E-state index is 12.1. The highest BCUT2D eigenvalue weighted by atomic mass is 16.6. The zero-order valence-corrected chi connectivity index (χ0v) is 17.2. The Labute approximate surface area is 170 Å². The first-order valence-electron chi connectivity index (χ1n) is 9.69. The maximum Gasteiger partial charge on any atom is 0.409 e. The van der Waals surface area contributed by atoms with Crippen LogP contribution in [0.4, 0.5) is 4.79 Å². The number of benzene rings is 1. The smallest absolute Gasteiger partial charge is 0.409 e. The Balaban J connectivity index is 1.72. The fraction of sp³-hybridized carbons (Fsp3) is 0.550. The Bertz CT molecular complexity index is 716. The summed E-state index contributed by atoms with van der Waals surface area (Å²) >= 11 is 0. The minimum absolute atomic E-state index is 0.134. The fourth-order valence-corrected chi connectivity index (χ4v) is 3.11. The van der Waals surface area contributed by atoms with Crippen molar-refractivity contribution in [3.05, 3.63) is 23.8 Å². The van der Waals surface area contributed by atoms with Gasteiger partial charge < -0.3 is 29.7 Å². The molecule has 2 N–H and O–H groups in total. The number of amides is 3. The number of rotatable bonds is 7. The van der Waals surface area contributed by atoms with Crippen LogP contribution in [0.25, 0.3) is 0 Å². The van der Waals surface area contributed by atoms with E-state index in [2.05, 4.69) is 10.6 Å². The van der Waals surface area contributed by atoms with Crippen LogP contribution in [0.2, 0.25) is 0 Å². The van der Waals surface area contributed by atoms with E-state index in [9.17, 15) is 14.4 Å². The molecule has 0 unspecified atom stereocenters. The molecule has 0 radical (unpaired) electrons. The molecule has 1 aliphatic heterocycles. The Hall–Kier alpha value is -2.97. The summed E-state index contributed by atoms with van der Waals surface area (Å²) in [4.78, 5) is 37.4. The predicted octanol–water partition coefficient (Wildman–Crippen LogP) is 1.10. The van der Waals surface area contributed by atoms with Gasteiger partial charge in [0, 0.05) is 25.7 Å². The zero-order chi connectivity index (χ0) is 21.2. The van der Waals surface area contributed by atoms with Crippen LogP contribution in [0.3, 0.4) is 0 Å². The molecule has 0 aromatic heterocycles. The van der Waals surface area contributed by atoms with Gasteiger partial charge in [-0.3, -0.25) is 9.59 Å². The lowest BCUT2D eigenvalue weighted by molar-refractivity contribution is -0.139. The molecule has 1 heterocycles. The van der Waals surface area contributed by atoms with Gasteiger partial charge in [0.15, 0.2) is 11.5 Å². The van der Waals surface area contributed by atoms with Crippen molar-refractivity contribution in [1.29, 1.82) is 0 Å². The molecule has 0 bridgehead atoms. The number of carbonyl (C=O) groups is 3. The average molecular weight is 407 g/mol. The van der Waals surface area contributed by atoms with E-state index in [1.54, 1.807) is 32.1 Å². The largest absolute Gasteiger partial charge is 0.493 e. The Morgan fingerprint density at radius 3 is 2.38 bits per heavy atom. The van der Waals surface area contributed by atoms with Gasteiger partial charge in [-0.05, 0) is 43.9 Å². The molecule has 29 heavy (non-hydrogen) atoms. The first-order chi connectivity index (χ1) is 14.0. The van der Waals surface area contributed by atoms with E-state index in [-0.39, 0.29) is 12.1 Å². The lowest BCUT2D eigenvalue weighted by atomic mass is 10.1. The highest BCUT2D eigenvalue weighted by Crippen LogP contribution is 2.27. The van der Waals surface area contributed by atoms with Crippen molar-refractivity contribution in [2.75, 3.05) is 40.5 Å². The van der Waals surface area contributed by atoms with Crippen LogP contribution in [-0.4, -0.2) is 69.3 Å². The molecule has 0 aliphatic carbocycles. The van der Waals surface area contributed by atoms with Crippen molar-refractivity contribution >= 4 is 17.9 Å². The molecule has 1 aromatic carbocycles. The quantitative estimate of drug-likeness (QED) is 0.656. The fourth-order valence-electron chi connectivity index (χ4n) is 3.11. The summed E-state index contributed by atoms with van der Waals surface area (Å²) < 4.78 is 15.4. The first-order valence-corrected chi connectivity index (χ1v) is 9.69. The number of carbonyl (C=O) groups excluding carboxylic acids is 3. The second-order valence-corrected chi connectivity index (χ2v) is 6.63. The lowest BCUT2D eigenvalue weighted by Crippen LogP contribution is -2.50. The molecule has 1 saturated heterocycles. The second-order valence-electron chi connectivity index (χ2n) is 6.63. The first kappa shape index (κ1) is 22.3. The minimum atomic E-state index is -0.668. The van der Waals surface area contributed by atoms with Crippen LogP contribution >= 0.6 is 0 Å². The summed E-state index contributed by atoms with van der Waals surface area (Å²) in [6.45, 7) is 3.39. The zero-order valence-electron chi connectivity index (χ0n) is 17.2. The average Bonchev–Trinajstić information content (AvgIpc) is 2.74. The van der Waals surface area contributed by atoms with Gasteiger partial charge in [0.25, 0.3) is 0 Å². The summed E-state index contributed by atoms with van der Waals surface area (Å²) in [7, 11) is 3.13. The maximum atomic E-state index is 12.1. The van der Waals surface area contributed by atoms with Crippen molar-refractivity contribution in [3.63, 3.8) is 0 Å². The van der Waals surface area contributed by atoms with E-state index >= 15 is 0 Å². The third-order valence-electron chi connectivity index (χ3n) is 4.71. The van der Waals surface area contributed by atoms with E-state index in [4.69, 9.17) is 14.2 Å². The van der Waals surface area contributed by atoms with E-state index in [0.29, 0.717) is 57.0 Å². The third-order valence-corrected chi connectivity index (χ3v) is 4.71. The number of hydrogen-bond donors (Lipinski definition) is 2. The van der Waals surface area contributed by atoms with Crippen LogP contribution in [0.1, 0.15) is 25.3 Å².